The van der Waals surface area contributed by atoms with Crippen molar-refractivity contribution in [2.24, 2.45) is 0 Å². The monoisotopic (exact) mass is 400 g/mol. The molecule has 1 aliphatic rings. The summed E-state index contributed by atoms with van der Waals surface area (Å²) in [5.41, 5.74) is 1.24. The maximum Gasteiger partial charge on any atom is 0.282 e. The van der Waals surface area contributed by atoms with E-state index < -0.39 is 22.1 Å². The molecule has 0 saturated carbocycles. The summed E-state index contributed by atoms with van der Waals surface area (Å²) < 4.78 is 41.5. The fourth-order valence-corrected chi connectivity index (χ4v) is 4.77. The maximum absolute atomic E-state index is 13.4. The van der Waals surface area contributed by atoms with Crippen LogP contribution in [0, 0.1) is 12.7 Å². The van der Waals surface area contributed by atoms with Gasteiger partial charge in [-0.1, -0.05) is 19.9 Å². The third-order valence-electron chi connectivity index (χ3n) is 5.02. The molecule has 0 bridgehead atoms. The summed E-state index contributed by atoms with van der Waals surface area (Å²) >= 11 is 0. The average Bonchev–Trinajstić information content (AvgIpc) is 2.65. The summed E-state index contributed by atoms with van der Waals surface area (Å²) in [7, 11) is -3.45. The minimum atomic E-state index is -3.45. The van der Waals surface area contributed by atoms with Crippen LogP contribution in [0.25, 0.3) is 0 Å². The Labute approximate surface area is 161 Å². The van der Waals surface area contributed by atoms with Gasteiger partial charge in [-0.3, -0.25) is 9.69 Å². The van der Waals surface area contributed by atoms with Gasteiger partial charge in [0.15, 0.2) is 0 Å². The Morgan fingerprint density at radius 3 is 2.37 bits per heavy atom. The highest BCUT2D eigenvalue weighted by Crippen LogP contribution is 2.18. The van der Waals surface area contributed by atoms with E-state index in [4.69, 9.17) is 0 Å². The Balaban J connectivity index is 1.97. The summed E-state index contributed by atoms with van der Waals surface area (Å²) in [4.78, 5) is 14.5. The van der Waals surface area contributed by atoms with Crippen LogP contribution in [-0.4, -0.2) is 73.1 Å². The van der Waals surface area contributed by atoms with Crippen LogP contribution in [0.5, 0.6) is 0 Å². The molecule has 27 heavy (non-hydrogen) atoms. The van der Waals surface area contributed by atoms with E-state index in [0.717, 1.165) is 5.56 Å². The van der Waals surface area contributed by atoms with Crippen molar-refractivity contribution >= 4 is 21.8 Å². The molecule has 1 aliphatic heterocycles. The molecule has 1 saturated heterocycles. The Morgan fingerprint density at radius 1 is 1.22 bits per heavy atom. The van der Waals surface area contributed by atoms with Crippen LogP contribution < -0.4 is 5.32 Å². The standard InChI is InChI=1S/C18H29FN4O3S/c1-5-22(6-2)27(25,26)23-11-9-21(10-12-23)15(4)18(24)20-17-13-16(19)8-7-14(17)3/h7-8,13,15H,5-6,9-12H2,1-4H3,(H,20,24). The molecular weight excluding hydrogens is 371 g/mol. The molecule has 1 atom stereocenters. The molecule has 7 nitrogen and oxygen atoms in total. The van der Waals surface area contributed by atoms with E-state index in [2.05, 4.69) is 5.32 Å². The molecule has 2 rings (SSSR count). The molecule has 1 N–H and O–H groups in total. The number of nitrogens with zero attached hydrogens (tertiary/aromatic N) is 3. The first-order valence-electron chi connectivity index (χ1n) is 9.27. The number of piperazine rings is 1. The van der Waals surface area contributed by atoms with Crippen LogP contribution >= 0.6 is 0 Å². The number of anilines is 1. The van der Waals surface area contributed by atoms with Gasteiger partial charge in [0.05, 0.1) is 6.04 Å². The maximum atomic E-state index is 13.4. The molecule has 1 aromatic carbocycles. The van der Waals surface area contributed by atoms with Crippen molar-refractivity contribution in [3.8, 4) is 0 Å². The smallest absolute Gasteiger partial charge is 0.282 e. The van der Waals surface area contributed by atoms with Crippen molar-refractivity contribution in [3.63, 3.8) is 0 Å². The lowest BCUT2D eigenvalue weighted by molar-refractivity contribution is -0.121. The number of carbonyl (C=O) groups is 1. The van der Waals surface area contributed by atoms with Crippen molar-refractivity contribution in [3.05, 3.63) is 29.6 Å². The van der Waals surface area contributed by atoms with E-state index in [1.165, 1.54) is 20.7 Å². The first-order valence-corrected chi connectivity index (χ1v) is 10.7. The highest BCUT2D eigenvalue weighted by Gasteiger charge is 2.33. The molecule has 1 heterocycles. The minimum Gasteiger partial charge on any atom is -0.324 e. The first-order chi connectivity index (χ1) is 12.7. The van der Waals surface area contributed by atoms with Crippen LogP contribution in [-0.2, 0) is 15.0 Å². The zero-order valence-corrected chi connectivity index (χ0v) is 17.2. The molecule has 1 amide bonds. The quantitative estimate of drug-likeness (QED) is 0.756. The topological polar surface area (TPSA) is 73.0 Å². The Morgan fingerprint density at radius 2 is 1.81 bits per heavy atom. The van der Waals surface area contributed by atoms with Gasteiger partial charge < -0.3 is 5.32 Å². The van der Waals surface area contributed by atoms with Gasteiger partial charge in [0.1, 0.15) is 5.82 Å². The molecule has 1 fully saturated rings. The van der Waals surface area contributed by atoms with E-state index in [0.29, 0.717) is 45.0 Å². The minimum absolute atomic E-state index is 0.233. The Kier molecular flexibility index (Phi) is 7.32. The molecule has 1 aromatic rings. The lowest BCUT2D eigenvalue weighted by atomic mass is 10.1. The molecule has 152 valence electrons. The fourth-order valence-electron chi connectivity index (χ4n) is 3.17. The predicted molar refractivity (Wildman–Crippen MR) is 104 cm³/mol. The zero-order valence-electron chi connectivity index (χ0n) is 16.4. The fraction of sp³-hybridized carbons (Fsp3) is 0.611. The summed E-state index contributed by atoms with van der Waals surface area (Å²) in [6.45, 7) is 9.71. The van der Waals surface area contributed by atoms with E-state index in [1.807, 2.05) is 18.7 Å². The molecule has 0 radical (unpaired) electrons. The number of hydrogen-bond acceptors (Lipinski definition) is 4. The highest BCUT2D eigenvalue weighted by atomic mass is 32.2. The number of aryl methyl sites for hydroxylation is 1. The second kappa shape index (κ2) is 9.09. The second-order valence-corrected chi connectivity index (χ2v) is 8.58. The molecular formula is C18H29FN4O3S. The van der Waals surface area contributed by atoms with Crippen molar-refractivity contribution in [1.82, 2.24) is 13.5 Å². The SMILES string of the molecule is CCN(CC)S(=O)(=O)N1CCN(C(C)C(=O)Nc2cc(F)ccc2C)CC1. The van der Waals surface area contributed by atoms with Gasteiger partial charge in [-0.05, 0) is 31.5 Å². The Bertz CT molecular complexity index is 760. The van der Waals surface area contributed by atoms with Gasteiger partial charge in [-0.2, -0.15) is 17.0 Å². The molecule has 1 unspecified atom stereocenters. The number of nitrogens with one attached hydrogen (secondary N) is 1. The average molecular weight is 401 g/mol. The predicted octanol–water partition coefficient (Wildman–Crippen LogP) is 1.67. The highest BCUT2D eigenvalue weighted by molar-refractivity contribution is 7.86. The summed E-state index contributed by atoms with van der Waals surface area (Å²) in [5.74, 6) is -0.637. The van der Waals surface area contributed by atoms with Crippen LogP contribution in [0.2, 0.25) is 0 Å². The van der Waals surface area contributed by atoms with Crippen molar-refractivity contribution in [1.29, 1.82) is 0 Å². The zero-order chi connectivity index (χ0) is 20.2. The van der Waals surface area contributed by atoms with E-state index in [-0.39, 0.29) is 5.91 Å². The van der Waals surface area contributed by atoms with Crippen LogP contribution in [0.15, 0.2) is 18.2 Å². The molecule has 0 aromatic heterocycles. The number of carbonyl (C=O) groups excluding carboxylic acids is 1. The number of benzene rings is 1. The van der Waals surface area contributed by atoms with Gasteiger partial charge in [0.25, 0.3) is 10.2 Å². The van der Waals surface area contributed by atoms with Gasteiger partial charge in [0, 0.05) is 45.0 Å². The van der Waals surface area contributed by atoms with Crippen molar-refractivity contribution < 1.29 is 17.6 Å². The van der Waals surface area contributed by atoms with Crippen LogP contribution in [0.4, 0.5) is 10.1 Å². The number of halogens is 1. The molecule has 0 aliphatic carbocycles. The van der Waals surface area contributed by atoms with E-state index in [1.54, 1.807) is 19.9 Å². The number of rotatable bonds is 7. The number of hydrogen-bond donors (Lipinski definition) is 1. The molecule has 9 heteroatoms. The summed E-state index contributed by atoms with van der Waals surface area (Å²) in [6, 6.07) is 3.83. The lowest BCUT2D eigenvalue weighted by Gasteiger charge is -2.38. The van der Waals surface area contributed by atoms with Gasteiger partial charge >= 0.3 is 0 Å². The van der Waals surface area contributed by atoms with E-state index in [9.17, 15) is 17.6 Å². The van der Waals surface area contributed by atoms with E-state index >= 15 is 0 Å². The van der Waals surface area contributed by atoms with Crippen molar-refractivity contribution in [2.75, 3.05) is 44.6 Å². The van der Waals surface area contributed by atoms with Gasteiger partial charge in [-0.15, -0.1) is 0 Å². The Hall–Kier alpha value is -1.55. The third kappa shape index (κ3) is 5.04. The van der Waals surface area contributed by atoms with Gasteiger partial charge in [-0.25, -0.2) is 4.39 Å². The number of amides is 1. The second-order valence-electron chi connectivity index (χ2n) is 6.65. The summed E-state index contributed by atoms with van der Waals surface area (Å²) in [6.07, 6.45) is 0. The largest absolute Gasteiger partial charge is 0.324 e. The van der Waals surface area contributed by atoms with Crippen LogP contribution in [0.3, 0.4) is 0 Å². The first kappa shape index (κ1) is 21.7. The lowest BCUT2D eigenvalue weighted by Crippen LogP contribution is -2.56. The van der Waals surface area contributed by atoms with Crippen molar-refractivity contribution in [2.45, 2.75) is 33.7 Å². The van der Waals surface area contributed by atoms with Crippen LogP contribution in [0.1, 0.15) is 26.3 Å². The normalized spacial score (nSPS) is 17.9. The third-order valence-corrected chi connectivity index (χ3v) is 7.20. The van der Waals surface area contributed by atoms with Gasteiger partial charge in [0.2, 0.25) is 5.91 Å². The molecule has 0 spiro atoms. The summed E-state index contributed by atoms with van der Waals surface area (Å²) in [5, 5.41) is 2.77.